The van der Waals surface area contributed by atoms with E-state index in [9.17, 15) is 8.42 Å². The van der Waals surface area contributed by atoms with Crippen LogP contribution in [-0.2, 0) is 14.5 Å². The van der Waals surface area contributed by atoms with Crippen LogP contribution in [0.4, 0.5) is 0 Å². The lowest BCUT2D eigenvalue weighted by atomic mass is 10.1. The Morgan fingerprint density at radius 2 is 0.446 bits per heavy atom. The molecule has 0 fully saturated rings. The molecule has 0 amide bonds. The Hall–Kier alpha value is 0.190. The van der Waals surface area contributed by atoms with Gasteiger partial charge in [0.2, 0.25) is 0 Å². The number of nitrogens with zero attached hydrogens (tertiary/aromatic N) is 5. The minimum atomic E-state index is -4.94. The molecule has 0 radical (unpaired) electrons. The van der Waals surface area contributed by atoms with Crippen LogP contribution >= 0.6 is 0 Å². The summed E-state index contributed by atoms with van der Waals surface area (Å²) in [4.78, 5) is 0. The van der Waals surface area contributed by atoms with Gasteiger partial charge in [0.15, 0.2) is 0 Å². The fourth-order valence-corrected chi connectivity index (χ4v) is 6.51. The molecule has 0 spiro atoms. The lowest BCUT2D eigenvalue weighted by Gasteiger charge is -2.38. The first-order valence-electron chi connectivity index (χ1n) is 29.1. The summed E-state index contributed by atoms with van der Waals surface area (Å²) in [6.07, 6.45) is 33.8. The molecule has 0 saturated heterocycles. The van der Waals surface area contributed by atoms with Crippen molar-refractivity contribution in [1.82, 2.24) is 0 Å². The summed E-state index contributed by atoms with van der Waals surface area (Å²) in [6, 6.07) is 0. The third kappa shape index (κ3) is 202. The van der Waals surface area contributed by atoms with Gasteiger partial charge in [0.1, 0.15) is 0 Å². The van der Waals surface area contributed by atoms with E-state index in [2.05, 4.69) is 144 Å². The Bertz CT molecular complexity index is 1250. The molecule has 0 aliphatic carbocycles. The van der Waals surface area contributed by atoms with Gasteiger partial charge in [0, 0.05) is 0 Å². The zero-order valence-electron chi connectivity index (χ0n) is 55.9. The fourth-order valence-electron chi connectivity index (χ4n) is 6.41. The van der Waals surface area contributed by atoms with Crippen LogP contribution in [0, 0.1) is 41.0 Å². The van der Waals surface area contributed by atoms with Gasteiger partial charge in [-0.3, -0.25) is 0 Å². The van der Waals surface area contributed by atoms with E-state index >= 15 is 0 Å². The number of quaternary nitrogens is 5. The van der Waals surface area contributed by atoms with E-state index in [0.29, 0.717) is 0 Å². The molecule has 0 aliphatic heterocycles. The van der Waals surface area contributed by atoms with Gasteiger partial charge >= 0.3 is 0 Å². The molecule has 0 aromatic rings. The van der Waals surface area contributed by atoms with Crippen molar-refractivity contribution in [1.29, 1.82) is 0 Å². The standard InChI is InChI=1S/C15H34N.C14H32N.C11H26N.C7H18N.C4H12N.C2H6O4S.4ClHO4/c1-5-6-7-8-9-10-11-12-13-14-15-16(2,3)4;1-5-9-12-15(8-4,13-10-6-2)14-11-7-3;1-5-6-7-8-9-10-11-12(2,3)4;1-5-6-7-8(2,3)4;1-5(2,3)4;1-2-7(4,5)6-3;4*2-1(3,4)5/h5-15H2,1-4H3;5-14H2,1-4H3;5-11H2,1-4H3;5-7H2,1-4H3;1-4H3;3H,2H2,1H3;4*(H,2,3,4,5)/q5*+1;;;;;/p-5. The highest BCUT2D eigenvalue weighted by molar-refractivity contribution is 7.86. The molecule has 0 atom stereocenters. The summed E-state index contributed by atoms with van der Waals surface area (Å²) in [5.74, 6) is -0.267. The Morgan fingerprint density at radius 1 is 0.289 bits per heavy atom. The zero-order valence-corrected chi connectivity index (χ0v) is 59.8. The van der Waals surface area contributed by atoms with Crippen LogP contribution in [0.3, 0.4) is 0 Å². The van der Waals surface area contributed by atoms with Crippen molar-refractivity contribution in [2.45, 2.75) is 209 Å². The van der Waals surface area contributed by atoms with Crippen LogP contribution in [0.5, 0.6) is 0 Å². The van der Waals surface area contributed by atoms with Crippen molar-refractivity contribution >= 4 is 10.1 Å². The number of hydrogen-bond donors (Lipinski definition) is 0. The lowest BCUT2D eigenvalue weighted by Crippen LogP contribution is -2.68. The van der Waals surface area contributed by atoms with E-state index in [1.807, 2.05) is 0 Å². The van der Waals surface area contributed by atoms with Crippen LogP contribution in [-0.4, -0.2) is 174 Å². The molecule has 0 aromatic heterocycles. The molecule has 83 heavy (non-hydrogen) atoms. The molecule has 30 heteroatoms. The molecular weight excluding hydrogens is 1200 g/mol. The van der Waals surface area contributed by atoms with Crippen LogP contribution in [0.25, 0.3) is 0 Å². The first-order valence-corrected chi connectivity index (χ1v) is 35.6. The van der Waals surface area contributed by atoms with Gasteiger partial charge in [0.05, 0.1) is 143 Å². The summed E-state index contributed by atoms with van der Waals surface area (Å²) < 4.78 is 164. The first-order chi connectivity index (χ1) is 37.0. The molecule has 25 nitrogen and oxygen atoms in total. The summed E-state index contributed by atoms with van der Waals surface area (Å²) in [7, 11) is 5.37. The summed E-state index contributed by atoms with van der Waals surface area (Å²) in [5, 5.41) is 9.09. The SMILES string of the molecule is CCCCCCCCCCCC[N+](C)(C)C.CCCCCCCC[N+](C)(C)C.CCCC[N+](C)(C)C.CCCC[N+](CC)(CCCC)CCCC.CCS(=O)(=O)O[O-].C[N+](C)(C)C.[O-][Cl+3]([O-])([O-])[O-].[O-][Cl+3]([O-])([O-])[O-].[O-][Cl+3]([O-])([O-])[O-].[O-][Cl+3]([O-])([O-])[O-]. The number of halogens is 4. The predicted molar refractivity (Wildman–Crippen MR) is 283 cm³/mol. The maximum absolute atomic E-state index is 9.83. The molecule has 0 saturated carbocycles. The first kappa shape index (κ1) is 105. The average molecular weight is 1330 g/mol. The van der Waals surface area contributed by atoms with Crippen LogP contribution in [0.1, 0.15) is 209 Å². The van der Waals surface area contributed by atoms with E-state index in [-0.39, 0.29) is 5.75 Å². The smallest absolute Gasteiger partial charge is 0.258 e. The van der Waals surface area contributed by atoms with Crippen molar-refractivity contribution in [2.24, 2.45) is 0 Å². The molecule has 0 aromatic carbocycles. The number of unbranched alkanes of at least 4 members (excludes halogenated alkanes) is 18. The van der Waals surface area contributed by atoms with Gasteiger partial charge in [-0.1, -0.05) is 144 Å². The molecule has 0 aliphatic rings. The fraction of sp³-hybridized carbons (Fsp3) is 1.00. The predicted octanol–water partition coefficient (Wildman–Crippen LogP) is -6.69. The van der Waals surface area contributed by atoms with Gasteiger partial charge in [0.25, 0.3) is 10.1 Å². The van der Waals surface area contributed by atoms with E-state index in [1.165, 1.54) is 211 Å². The Kier molecular flexibility index (Phi) is 78.9. The third-order valence-electron chi connectivity index (χ3n) is 10.6. The maximum Gasteiger partial charge on any atom is 0.258 e. The van der Waals surface area contributed by atoms with Gasteiger partial charge in [-0.25, -0.2) is 83.0 Å². The van der Waals surface area contributed by atoms with Crippen molar-refractivity contribution in [3.05, 3.63) is 0 Å². The third-order valence-corrected chi connectivity index (χ3v) is 11.5. The van der Waals surface area contributed by atoms with Crippen molar-refractivity contribution in [3.63, 3.8) is 0 Å². The van der Waals surface area contributed by atoms with Crippen molar-refractivity contribution in [3.8, 4) is 0 Å². The molecular formula is C53H127Cl4N5O20S. The summed E-state index contributed by atoms with van der Waals surface area (Å²) in [5.41, 5.74) is 0. The summed E-state index contributed by atoms with van der Waals surface area (Å²) >= 11 is 0. The molecule has 0 heterocycles. The van der Waals surface area contributed by atoms with E-state index in [0.717, 1.165) is 17.9 Å². The molecule has 0 rings (SSSR count). The van der Waals surface area contributed by atoms with E-state index in [1.54, 1.807) is 0 Å². The normalized spacial score (nSPS) is 12.0. The Morgan fingerprint density at radius 3 is 0.566 bits per heavy atom. The largest absolute Gasteiger partial charge is 0.707 e. The quantitative estimate of drug-likeness (QED) is 0.0255. The van der Waals surface area contributed by atoms with Gasteiger partial charge in [-0.15, -0.1) is 41.0 Å². The van der Waals surface area contributed by atoms with Crippen LogP contribution < -0.4 is 79.8 Å². The minimum absolute atomic E-state index is 0.267. The Balaban J connectivity index is -0.0000000925. The zero-order chi connectivity index (χ0) is 68.3. The second-order valence-electron chi connectivity index (χ2n) is 24.3. The second-order valence-corrected chi connectivity index (χ2v) is 29.2. The molecule has 518 valence electrons. The Labute approximate surface area is 516 Å². The van der Waals surface area contributed by atoms with Gasteiger partial charge in [-0.05, 0) is 65.2 Å². The second kappa shape index (κ2) is 62.4. The van der Waals surface area contributed by atoms with Gasteiger partial charge < -0.3 is 32.0 Å². The number of rotatable bonds is 33. The minimum Gasteiger partial charge on any atom is -0.707 e. The van der Waals surface area contributed by atoms with E-state index < -0.39 is 51.1 Å². The monoisotopic (exact) mass is 1330 g/mol. The maximum atomic E-state index is 9.83. The molecule has 0 bridgehead atoms. The number of hydrogen-bond acceptors (Lipinski definition) is 20. The summed E-state index contributed by atoms with van der Waals surface area (Å²) in [6.45, 7) is 26.9. The molecule has 0 N–H and O–H groups in total. The van der Waals surface area contributed by atoms with Crippen molar-refractivity contribution in [2.75, 3.05) is 143 Å². The van der Waals surface area contributed by atoms with E-state index in [4.69, 9.17) is 79.8 Å². The average Bonchev–Trinajstić information content (AvgIpc) is 3.27. The lowest BCUT2D eigenvalue weighted by molar-refractivity contribution is -2.00. The highest BCUT2D eigenvalue weighted by Crippen LogP contribution is 2.14. The molecule has 0 unspecified atom stereocenters. The van der Waals surface area contributed by atoms with Crippen molar-refractivity contribution < 1.29 is 156 Å². The van der Waals surface area contributed by atoms with Crippen LogP contribution in [0.15, 0.2) is 0 Å². The highest BCUT2D eigenvalue weighted by atomic mass is 35.7. The van der Waals surface area contributed by atoms with Crippen LogP contribution in [0.2, 0.25) is 0 Å². The van der Waals surface area contributed by atoms with Gasteiger partial charge in [-0.2, -0.15) is 0 Å². The topological polar surface area (TPSA) is 435 Å². The highest BCUT2D eigenvalue weighted by Gasteiger charge is 2.23.